The Morgan fingerprint density at radius 3 is 1.78 bits per heavy atom. The summed E-state index contributed by atoms with van der Waals surface area (Å²) in [5.74, 6) is -2.07. The van der Waals surface area contributed by atoms with Crippen molar-refractivity contribution in [2.75, 3.05) is 96.1 Å². The Kier molecular flexibility index (Phi) is 23.6. The summed E-state index contributed by atoms with van der Waals surface area (Å²) >= 11 is 7.29. The molecule has 2 unspecified atom stereocenters. The van der Waals surface area contributed by atoms with Gasteiger partial charge in [0.1, 0.15) is 6.54 Å². The van der Waals surface area contributed by atoms with Crippen molar-refractivity contribution in [2.24, 2.45) is 0 Å². The van der Waals surface area contributed by atoms with Crippen LogP contribution in [0.4, 0.5) is 11.4 Å². The van der Waals surface area contributed by atoms with Gasteiger partial charge in [-0.1, -0.05) is 23.8 Å². The maximum atomic E-state index is 12.5. The SMILES string of the molecule is COCCOCCOCCOCCOCCN1/C(=C/C=C2\CCCC(/C=C/C3=[N+](CCCCCC(=O)O)c4ccc(S(=O)(=O)O)cc4C3(C)CCCS(=O)(=O)O)=C2Cl)C(C)(CCCS(=O)(=O)O)c2cc(S(=O)(=O)O)ccc21. The lowest BCUT2D eigenvalue weighted by Crippen LogP contribution is -2.32. The number of unbranched alkanes of at least 4 members (excludes halogenated alkanes) is 2. The molecule has 0 spiro atoms. The van der Waals surface area contributed by atoms with E-state index in [9.17, 15) is 61.8 Å². The number of hydrogen-bond acceptors (Lipinski definition) is 15. The Morgan fingerprint density at radius 1 is 0.675 bits per heavy atom. The smallest absolute Gasteiger partial charge is 0.303 e. The van der Waals surface area contributed by atoms with Crippen LogP contribution >= 0.6 is 11.6 Å². The van der Waals surface area contributed by atoms with E-state index in [-0.39, 0.29) is 68.3 Å². The number of benzene rings is 2. The number of hydrogen-bond donors (Lipinski definition) is 5. The number of carboxylic acid groups (broad SMARTS) is 1. The van der Waals surface area contributed by atoms with Gasteiger partial charge >= 0.3 is 5.97 Å². The average molecular weight is 1180 g/mol. The van der Waals surface area contributed by atoms with Crippen LogP contribution in [-0.2, 0) is 79.8 Å². The van der Waals surface area contributed by atoms with E-state index in [2.05, 4.69) is 0 Å². The molecule has 1 aliphatic carbocycles. The first-order chi connectivity index (χ1) is 36.2. The van der Waals surface area contributed by atoms with Crippen molar-refractivity contribution in [3.63, 3.8) is 0 Å². The van der Waals surface area contributed by atoms with Crippen LogP contribution in [0.1, 0.15) is 95.6 Å². The number of fused-ring (bicyclic) bond motifs is 2. The molecule has 0 fully saturated rings. The Hall–Kier alpha value is -3.93. The van der Waals surface area contributed by atoms with Crippen LogP contribution in [0, 0.1) is 0 Å². The van der Waals surface area contributed by atoms with E-state index in [1.807, 2.05) is 47.6 Å². The Labute approximate surface area is 457 Å². The van der Waals surface area contributed by atoms with Crippen molar-refractivity contribution in [1.82, 2.24) is 0 Å². The van der Waals surface area contributed by atoms with Crippen LogP contribution in [-0.4, -0.2) is 164 Å². The summed E-state index contributed by atoms with van der Waals surface area (Å²) in [7, 11) is -16.5. The molecule has 21 nitrogen and oxygen atoms in total. The fraction of sp³-hybridized carbons (Fsp3) is 0.569. The molecule has 77 heavy (non-hydrogen) atoms. The molecule has 0 amide bonds. The van der Waals surface area contributed by atoms with Crippen molar-refractivity contribution >= 4 is 75.1 Å². The molecule has 0 saturated heterocycles. The average Bonchev–Trinajstić information content (AvgIpc) is 3.72. The third kappa shape index (κ3) is 18.6. The molecule has 2 aliphatic heterocycles. The third-order valence-corrected chi connectivity index (χ3v) is 17.6. The monoisotopic (exact) mass is 1180 g/mol. The van der Waals surface area contributed by atoms with Crippen LogP contribution in [0.15, 0.2) is 92.4 Å². The molecule has 2 atom stereocenters. The van der Waals surface area contributed by atoms with E-state index in [4.69, 9.17) is 35.3 Å². The second kappa shape index (κ2) is 28.5. The fourth-order valence-corrected chi connectivity index (χ4v) is 12.3. The van der Waals surface area contributed by atoms with Crippen LogP contribution < -0.4 is 4.90 Å². The van der Waals surface area contributed by atoms with Crippen LogP contribution in [0.5, 0.6) is 0 Å². The molecule has 0 saturated carbocycles. The predicted octanol–water partition coefficient (Wildman–Crippen LogP) is 7.05. The fourth-order valence-electron chi connectivity index (χ4n) is 9.96. The number of carboxylic acids is 1. The van der Waals surface area contributed by atoms with Gasteiger partial charge in [-0.05, 0) is 125 Å². The third-order valence-electron chi connectivity index (χ3n) is 13.8. The molecule has 3 aliphatic rings. The zero-order valence-corrected chi connectivity index (χ0v) is 47.6. The molecule has 5 N–H and O–H groups in total. The Bertz CT molecular complexity index is 3030. The molecule has 0 bridgehead atoms. The number of rotatable bonds is 34. The lowest BCUT2D eigenvalue weighted by atomic mass is 9.75. The maximum absolute atomic E-state index is 12.5. The van der Waals surface area contributed by atoms with Crippen LogP contribution in [0.3, 0.4) is 0 Å². The van der Waals surface area contributed by atoms with E-state index in [0.29, 0.717) is 124 Å². The first-order valence-corrected chi connectivity index (χ1v) is 31.7. The molecule has 2 aromatic carbocycles. The largest absolute Gasteiger partial charge is 0.481 e. The van der Waals surface area contributed by atoms with Gasteiger partial charge < -0.3 is 33.7 Å². The number of anilines is 1. The quantitative estimate of drug-likeness (QED) is 0.0266. The number of carbonyl (C=O) groups is 1. The topological polar surface area (TPSA) is 307 Å². The van der Waals surface area contributed by atoms with Gasteiger partial charge in [0.05, 0.1) is 86.2 Å². The zero-order chi connectivity index (χ0) is 56.7. The second-order valence-corrected chi connectivity index (χ2v) is 25.7. The lowest BCUT2D eigenvalue weighted by molar-refractivity contribution is -0.438. The molecule has 5 rings (SSSR count). The number of halogens is 1. The summed E-state index contributed by atoms with van der Waals surface area (Å²) in [5, 5.41) is 9.65. The lowest BCUT2D eigenvalue weighted by Gasteiger charge is -2.30. The van der Waals surface area contributed by atoms with Gasteiger partial charge in [-0.3, -0.25) is 23.0 Å². The molecule has 2 aromatic rings. The van der Waals surface area contributed by atoms with E-state index in [0.717, 1.165) is 11.1 Å². The first kappa shape index (κ1) is 63.9. The molecular weight excluding hydrogens is 1110 g/mol. The van der Waals surface area contributed by atoms with Gasteiger partial charge in [0, 0.05) is 66.0 Å². The number of ether oxygens (including phenoxy) is 5. The van der Waals surface area contributed by atoms with Gasteiger partial charge in [0.25, 0.3) is 40.5 Å². The summed E-state index contributed by atoms with van der Waals surface area (Å²) < 4.78 is 167. The molecule has 26 heteroatoms. The van der Waals surface area contributed by atoms with Crippen molar-refractivity contribution in [3.8, 4) is 0 Å². The van der Waals surface area contributed by atoms with Gasteiger partial charge in [0.15, 0.2) is 5.71 Å². The summed E-state index contributed by atoms with van der Waals surface area (Å²) in [6.45, 7) is 7.43. The summed E-state index contributed by atoms with van der Waals surface area (Å²) in [5.41, 5.74) is 2.73. The zero-order valence-electron chi connectivity index (χ0n) is 43.6. The highest BCUT2D eigenvalue weighted by Crippen LogP contribution is 2.52. The number of allylic oxidation sites excluding steroid dienone is 8. The second-order valence-electron chi connectivity index (χ2n) is 19.4. The molecule has 2 heterocycles. The highest BCUT2D eigenvalue weighted by Gasteiger charge is 2.48. The number of aliphatic carboxylic acids is 1. The van der Waals surface area contributed by atoms with Gasteiger partial charge in [-0.15, -0.1) is 0 Å². The van der Waals surface area contributed by atoms with Crippen molar-refractivity contribution in [3.05, 3.63) is 93.7 Å². The minimum absolute atomic E-state index is 0.0175. The van der Waals surface area contributed by atoms with Gasteiger partial charge in [0.2, 0.25) is 5.69 Å². The minimum atomic E-state index is -4.67. The van der Waals surface area contributed by atoms with Crippen molar-refractivity contribution in [2.45, 2.75) is 105 Å². The highest BCUT2D eigenvalue weighted by atomic mass is 35.5. The maximum Gasteiger partial charge on any atom is 0.303 e. The summed E-state index contributed by atoms with van der Waals surface area (Å²) in [6.07, 6.45) is 10.8. The first-order valence-electron chi connectivity index (χ1n) is 25.3. The van der Waals surface area contributed by atoms with E-state index in [1.165, 1.54) is 24.3 Å². The van der Waals surface area contributed by atoms with Crippen LogP contribution in [0.25, 0.3) is 0 Å². The van der Waals surface area contributed by atoms with E-state index in [1.54, 1.807) is 19.2 Å². The van der Waals surface area contributed by atoms with Crippen LogP contribution in [0.2, 0.25) is 0 Å². The molecule has 0 radical (unpaired) electrons. The van der Waals surface area contributed by atoms with E-state index < -0.39 is 68.8 Å². The van der Waals surface area contributed by atoms with E-state index >= 15 is 0 Å². The Balaban J connectivity index is 1.51. The standard InChI is InChI=1S/C51H71ClN2O19S4/c1-50(21-8-34-74(57,58)59)42-36-40(76(63,64)65)15-17-44(42)53(23-6-4-5-12-48(55)56)46(50)19-13-38-10-7-11-39(49(38)52)14-20-47-51(2,22-9-35-75(60,61)62)43-37-41(77(66,67)68)16-18-45(43)54(47)24-25-70-28-29-72-32-33-73-31-30-71-27-26-69-3/h13-20,36-37H,4-12,21-35H2,1-3H3,(H4-,55,56,57,58,59,60,61,62,63,64,65,66,67,68)/p+1. The summed E-state index contributed by atoms with van der Waals surface area (Å²) in [4.78, 5) is 12.5. The molecule has 0 aromatic heterocycles. The van der Waals surface area contributed by atoms with Gasteiger partial charge in [-0.2, -0.15) is 38.2 Å². The summed E-state index contributed by atoms with van der Waals surface area (Å²) in [6, 6.07) is 8.38. The molecular formula is C51H72ClN2O19S4+. The number of methoxy groups -OCH3 is 1. The number of nitrogens with zero attached hydrogens (tertiary/aromatic N) is 2. The predicted molar refractivity (Wildman–Crippen MR) is 289 cm³/mol. The molecule has 430 valence electrons. The van der Waals surface area contributed by atoms with Crippen molar-refractivity contribution in [1.29, 1.82) is 0 Å². The minimum Gasteiger partial charge on any atom is -0.481 e. The normalized spacial score (nSPS) is 20.3. The Morgan fingerprint density at radius 2 is 1.22 bits per heavy atom. The van der Waals surface area contributed by atoms with Gasteiger partial charge in [-0.25, -0.2) is 0 Å². The van der Waals surface area contributed by atoms with Crippen molar-refractivity contribution < 1.29 is 90.0 Å². The highest BCUT2D eigenvalue weighted by molar-refractivity contribution is 7.86.